The average molecular weight is 345 g/mol. The van der Waals surface area contributed by atoms with Gasteiger partial charge in [0.2, 0.25) is 0 Å². The summed E-state index contributed by atoms with van der Waals surface area (Å²) >= 11 is 6.12. The molecule has 2 aromatic carbocycles. The Morgan fingerprint density at radius 2 is 1.96 bits per heavy atom. The molecule has 0 unspecified atom stereocenters. The number of nitrogens with zero attached hydrogens (tertiary/aromatic N) is 3. The summed E-state index contributed by atoms with van der Waals surface area (Å²) in [5, 5.41) is 7.95. The van der Waals surface area contributed by atoms with E-state index in [0.717, 1.165) is 16.9 Å². The predicted octanol–water partition coefficient (Wildman–Crippen LogP) is 2.85. The number of rotatable bonds is 5. The Morgan fingerprint density at radius 3 is 2.54 bits per heavy atom. The zero-order chi connectivity index (χ0) is 17.1. The molecule has 0 saturated heterocycles. The van der Waals surface area contributed by atoms with Crippen molar-refractivity contribution in [3.63, 3.8) is 0 Å². The topological polar surface area (TPSA) is 61.1 Å². The van der Waals surface area contributed by atoms with Crippen LogP contribution in [0.25, 0.3) is 5.69 Å². The molecule has 0 radical (unpaired) electrons. The minimum atomic E-state index is -0.177. The number of anilines is 1. The Morgan fingerprint density at radius 1 is 1.21 bits per heavy atom. The second-order valence-corrected chi connectivity index (χ2v) is 5.71. The molecule has 0 aliphatic rings. The van der Waals surface area contributed by atoms with E-state index >= 15 is 0 Å². The normalized spacial score (nSPS) is 10.6. The van der Waals surface area contributed by atoms with Gasteiger partial charge in [0, 0.05) is 19.3 Å². The van der Waals surface area contributed by atoms with E-state index < -0.39 is 0 Å². The summed E-state index contributed by atoms with van der Waals surface area (Å²) in [6, 6.07) is 13.2. The maximum Gasteiger partial charge on any atom is 0.350 e. The van der Waals surface area contributed by atoms with Gasteiger partial charge >= 0.3 is 5.69 Å². The minimum Gasteiger partial charge on any atom is -0.495 e. The number of methoxy groups -OCH3 is 1. The van der Waals surface area contributed by atoms with Gasteiger partial charge in [0.15, 0.2) is 0 Å². The van der Waals surface area contributed by atoms with Crippen molar-refractivity contribution >= 4 is 17.3 Å². The van der Waals surface area contributed by atoms with Gasteiger partial charge in [-0.15, -0.1) is 0 Å². The Bertz CT molecular complexity index is 900. The molecular formula is C17H17ClN4O2. The minimum absolute atomic E-state index is 0.177. The smallest absolute Gasteiger partial charge is 0.350 e. The van der Waals surface area contributed by atoms with Crippen molar-refractivity contribution in [1.82, 2.24) is 14.3 Å². The second kappa shape index (κ2) is 6.80. The first-order valence-corrected chi connectivity index (χ1v) is 7.73. The molecule has 1 aromatic heterocycles. The molecule has 7 heteroatoms. The highest BCUT2D eigenvalue weighted by Gasteiger charge is 2.05. The number of nitrogens with one attached hydrogen (secondary N) is 1. The van der Waals surface area contributed by atoms with Gasteiger partial charge < -0.3 is 10.1 Å². The molecule has 0 fully saturated rings. The highest BCUT2D eigenvalue weighted by molar-refractivity contribution is 6.32. The van der Waals surface area contributed by atoms with E-state index in [9.17, 15) is 4.79 Å². The van der Waals surface area contributed by atoms with Gasteiger partial charge in [-0.3, -0.25) is 4.57 Å². The Balaban J connectivity index is 1.69. The molecule has 0 amide bonds. The van der Waals surface area contributed by atoms with Crippen molar-refractivity contribution in [2.45, 2.75) is 6.54 Å². The fraction of sp³-hybridized carbons (Fsp3) is 0.176. The number of hydrogen-bond acceptors (Lipinski definition) is 4. The lowest BCUT2D eigenvalue weighted by Gasteiger charge is -2.09. The van der Waals surface area contributed by atoms with E-state index in [0.29, 0.717) is 17.3 Å². The average Bonchev–Trinajstić information content (AvgIpc) is 2.93. The summed E-state index contributed by atoms with van der Waals surface area (Å²) in [6.07, 6.45) is 1.49. The van der Waals surface area contributed by atoms with Gasteiger partial charge in [-0.1, -0.05) is 17.7 Å². The van der Waals surface area contributed by atoms with E-state index in [4.69, 9.17) is 16.3 Å². The number of ether oxygens (including phenoxy) is 1. The molecule has 0 aliphatic carbocycles. The molecule has 3 aromatic rings. The third-order valence-corrected chi connectivity index (χ3v) is 3.94. The van der Waals surface area contributed by atoms with Crippen molar-refractivity contribution in [1.29, 1.82) is 0 Å². The van der Waals surface area contributed by atoms with E-state index in [1.54, 1.807) is 14.2 Å². The van der Waals surface area contributed by atoms with Crippen LogP contribution in [0.1, 0.15) is 5.56 Å². The van der Waals surface area contributed by atoms with Crippen LogP contribution in [0.5, 0.6) is 5.75 Å². The molecule has 0 saturated carbocycles. The zero-order valence-electron chi connectivity index (χ0n) is 13.4. The summed E-state index contributed by atoms with van der Waals surface area (Å²) in [5.74, 6) is 0.658. The largest absolute Gasteiger partial charge is 0.495 e. The van der Waals surface area contributed by atoms with Crippen LogP contribution in [0.2, 0.25) is 5.02 Å². The lowest BCUT2D eigenvalue weighted by molar-refractivity contribution is 0.415. The van der Waals surface area contributed by atoms with Crippen LogP contribution in [0.15, 0.2) is 53.6 Å². The number of halogens is 1. The van der Waals surface area contributed by atoms with Gasteiger partial charge in [0.1, 0.15) is 12.1 Å². The van der Waals surface area contributed by atoms with E-state index in [1.165, 1.54) is 15.6 Å². The number of aryl methyl sites for hydroxylation is 1. The maximum atomic E-state index is 11.9. The van der Waals surface area contributed by atoms with Gasteiger partial charge in [0.25, 0.3) is 0 Å². The molecule has 1 N–H and O–H groups in total. The first-order valence-electron chi connectivity index (χ1n) is 7.36. The molecule has 0 bridgehead atoms. The SMILES string of the molecule is COc1ccc(CNc2ccc(-n3ncn(C)c3=O)cc2)cc1Cl. The first-order chi connectivity index (χ1) is 11.6. The molecule has 0 spiro atoms. The van der Waals surface area contributed by atoms with Crippen LogP contribution in [0.3, 0.4) is 0 Å². The summed E-state index contributed by atoms with van der Waals surface area (Å²) in [4.78, 5) is 11.9. The van der Waals surface area contributed by atoms with Gasteiger partial charge in [-0.2, -0.15) is 9.78 Å². The monoisotopic (exact) mass is 344 g/mol. The Labute approximate surface area is 144 Å². The molecule has 0 aliphatic heterocycles. The van der Waals surface area contributed by atoms with Crippen molar-refractivity contribution < 1.29 is 4.74 Å². The van der Waals surface area contributed by atoms with Crippen LogP contribution < -0.4 is 15.7 Å². The first kappa shape index (κ1) is 16.1. The summed E-state index contributed by atoms with van der Waals surface area (Å²) in [5.41, 5.74) is 2.53. The molecular weight excluding hydrogens is 328 g/mol. The fourth-order valence-electron chi connectivity index (χ4n) is 2.30. The summed E-state index contributed by atoms with van der Waals surface area (Å²) < 4.78 is 7.93. The third-order valence-electron chi connectivity index (χ3n) is 3.65. The number of hydrogen-bond donors (Lipinski definition) is 1. The quantitative estimate of drug-likeness (QED) is 0.773. The molecule has 24 heavy (non-hydrogen) atoms. The van der Waals surface area contributed by atoms with Crippen molar-refractivity contribution in [2.75, 3.05) is 12.4 Å². The van der Waals surface area contributed by atoms with Gasteiger partial charge in [0.05, 0.1) is 17.8 Å². The molecule has 0 atom stereocenters. The Hall–Kier alpha value is -2.73. The van der Waals surface area contributed by atoms with Gasteiger partial charge in [-0.25, -0.2) is 4.79 Å². The summed E-state index contributed by atoms with van der Waals surface area (Å²) in [6.45, 7) is 0.632. The van der Waals surface area contributed by atoms with Crippen LogP contribution in [0.4, 0.5) is 5.69 Å². The maximum absolute atomic E-state index is 11.9. The van der Waals surface area contributed by atoms with Crippen LogP contribution in [-0.4, -0.2) is 21.5 Å². The van der Waals surface area contributed by atoms with Crippen molar-refractivity contribution in [3.05, 3.63) is 69.9 Å². The zero-order valence-corrected chi connectivity index (χ0v) is 14.1. The lowest BCUT2D eigenvalue weighted by atomic mass is 10.2. The number of aromatic nitrogens is 3. The van der Waals surface area contributed by atoms with E-state index in [1.807, 2.05) is 42.5 Å². The highest BCUT2D eigenvalue weighted by atomic mass is 35.5. The molecule has 1 heterocycles. The molecule has 3 rings (SSSR count). The third kappa shape index (κ3) is 3.28. The highest BCUT2D eigenvalue weighted by Crippen LogP contribution is 2.25. The van der Waals surface area contributed by atoms with Crippen LogP contribution in [-0.2, 0) is 13.6 Å². The van der Waals surface area contributed by atoms with Crippen LogP contribution >= 0.6 is 11.6 Å². The molecule has 124 valence electrons. The van der Waals surface area contributed by atoms with E-state index in [-0.39, 0.29) is 5.69 Å². The fourth-order valence-corrected chi connectivity index (χ4v) is 2.58. The van der Waals surface area contributed by atoms with Crippen LogP contribution in [0, 0.1) is 0 Å². The Kier molecular flexibility index (Phi) is 4.57. The van der Waals surface area contributed by atoms with Crippen molar-refractivity contribution in [2.24, 2.45) is 7.05 Å². The standard InChI is InChI=1S/C17H17ClN4O2/c1-21-11-20-22(17(21)23)14-6-4-13(5-7-14)19-10-12-3-8-16(24-2)15(18)9-12/h3-9,11,19H,10H2,1-2H3. The number of benzene rings is 2. The summed E-state index contributed by atoms with van der Waals surface area (Å²) in [7, 11) is 3.26. The lowest BCUT2D eigenvalue weighted by Crippen LogP contribution is -2.21. The van der Waals surface area contributed by atoms with Crippen molar-refractivity contribution in [3.8, 4) is 11.4 Å². The predicted molar refractivity (Wildman–Crippen MR) is 94.1 cm³/mol. The van der Waals surface area contributed by atoms with E-state index in [2.05, 4.69) is 10.4 Å². The molecule has 6 nitrogen and oxygen atoms in total. The second-order valence-electron chi connectivity index (χ2n) is 5.31. The van der Waals surface area contributed by atoms with Gasteiger partial charge in [-0.05, 0) is 42.0 Å².